The summed E-state index contributed by atoms with van der Waals surface area (Å²) in [6.07, 6.45) is 5.58. The molecule has 194 valence electrons. The lowest BCUT2D eigenvalue weighted by atomic mass is 10.0. The molecule has 0 radical (unpaired) electrons. The summed E-state index contributed by atoms with van der Waals surface area (Å²) in [6.45, 7) is 0.296. The average molecular weight is 532 g/mol. The van der Waals surface area contributed by atoms with Gasteiger partial charge in [-0.05, 0) is 47.7 Å². The summed E-state index contributed by atoms with van der Waals surface area (Å²) in [4.78, 5) is 13.4. The number of hydrogen-bond donors (Lipinski definition) is 3. The molecule has 0 aliphatic carbocycles. The topological polar surface area (TPSA) is 125 Å². The van der Waals surface area contributed by atoms with Gasteiger partial charge in [0.25, 0.3) is 0 Å². The Balaban J connectivity index is 1.46. The fraction of sp³-hybridized carbons (Fsp3) is 0.179. The Hall–Kier alpha value is -4.18. The van der Waals surface area contributed by atoms with Gasteiger partial charge in [0, 0.05) is 45.9 Å². The monoisotopic (exact) mass is 531 g/mol. The zero-order valence-electron chi connectivity index (χ0n) is 20.8. The molecule has 5 rings (SSSR count). The van der Waals surface area contributed by atoms with Crippen molar-refractivity contribution in [3.63, 3.8) is 0 Å². The molecular weight excluding hydrogens is 506 g/mol. The molecule has 2 aromatic carbocycles. The molecule has 5 aromatic rings. The maximum Gasteiger partial charge on any atom is 0.162 e. The molecule has 0 aliphatic heterocycles. The Morgan fingerprint density at radius 1 is 0.974 bits per heavy atom. The zero-order chi connectivity index (χ0) is 26.6. The molecule has 3 heterocycles. The van der Waals surface area contributed by atoms with Crippen molar-refractivity contribution in [2.75, 3.05) is 26.3 Å². The average Bonchev–Trinajstić information content (AvgIpc) is 2.94. The van der Waals surface area contributed by atoms with Crippen molar-refractivity contribution in [2.24, 2.45) is 5.73 Å². The van der Waals surface area contributed by atoms with E-state index in [-0.39, 0.29) is 11.9 Å². The molecule has 0 fully saturated rings. The summed E-state index contributed by atoms with van der Waals surface area (Å²) in [7, 11) is 3.15. The van der Waals surface area contributed by atoms with Crippen molar-refractivity contribution in [3.05, 3.63) is 77.7 Å². The van der Waals surface area contributed by atoms with Gasteiger partial charge in [-0.15, -0.1) is 0 Å². The van der Waals surface area contributed by atoms with Gasteiger partial charge in [0.2, 0.25) is 0 Å². The van der Waals surface area contributed by atoms with Crippen LogP contribution in [-0.4, -0.2) is 47.0 Å². The first-order valence-corrected chi connectivity index (χ1v) is 12.2. The van der Waals surface area contributed by atoms with E-state index in [2.05, 4.69) is 20.4 Å². The van der Waals surface area contributed by atoms with E-state index < -0.39 is 0 Å². The van der Waals surface area contributed by atoms with Crippen molar-refractivity contribution in [3.8, 4) is 28.5 Å². The first kappa shape index (κ1) is 25.5. The Morgan fingerprint density at radius 3 is 2.55 bits per heavy atom. The van der Waals surface area contributed by atoms with Crippen molar-refractivity contribution in [2.45, 2.75) is 12.5 Å². The van der Waals surface area contributed by atoms with Crippen LogP contribution >= 0.6 is 11.6 Å². The van der Waals surface area contributed by atoms with Crippen LogP contribution in [-0.2, 0) is 6.42 Å². The van der Waals surface area contributed by atoms with Gasteiger partial charge in [-0.1, -0.05) is 23.7 Å². The van der Waals surface area contributed by atoms with Gasteiger partial charge in [0.15, 0.2) is 17.3 Å². The molecule has 0 saturated carbocycles. The molecule has 0 aliphatic rings. The highest BCUT2D eigenvalue weighted by Gasteiger charge is 2.15. The number of rotatable bonds is 9. The number of aromatic nitrogens is 3. The van der Waals surface area contributed by atoms with Crippen LogP contribution in [0.1, 0.15) is 5.56 Å². The molecule has 0 bridgehead atoms. The Labute approximate surface area is 224 Å². The van der Waals surface area contributed by atoms with E-state index in [0.717, 1.165) is 16.3 Å². The number of benzene rings is 2. The third kappa shape index (κ3) is 5.26. The van der Waals surface area contributed by atoms with Gasteiger partial charge in [-0.3, -0.25) is 20.7 Å². The number of halogens is 1. The summed E-state index contributed by atoms with van der Waals surface area (Å²) in [6, 6.07) is 14.8. The number of methoxy groups -OCH3 is 2. The second kappa shape index (κ2) is 11.1. The Bertz CT molecular complexity index is 1610. The number of anilines is 1. The van der Waals surface area contributed by atoms with Gasteiger partial charge in [-0.2, -0.15) is 0 Å². The summed E-state index contributed by atoms with van der Waals surface area (Å²) >= 11 is 6.07. The van der Waals surface area contributed by atoms with E-state index in [1.165, 1.54) is 0 Å². The Morgan fingerprint density at radius 2 is 1.79 bits per heavy atom. The lowest BCUT2D eigenvalue weighted by molar-refractivity contribution is 0.286. The van der Waals surface area contributed by atoms with Crippen LogP contribution in [0.5, 0.6) is 17.2 Å². The fourth-order valence-corrected chi connectivity index (χ4v) is 4.55. The van der Waals surface area contributed by atoms with Crippen LogP contribution in [0.3, 0.4) is 0 Å². The van der Waals surface area contributed by atoms with Gasteiger partial charge in [-0.25, -0.2) is 4.98 Å². The second-order valence-corrected chi connectivity index (χ2v) is 9.16. The molecule has 9 nitrogen and oxygen atoms in total. The lowest BCUT2D eigenvalue weighted by Crippen LogP contribution is -2.30. The Kier molecular flexibility index (Phi) is 7.41. The predicted octanol–water partition coefficient (Wildman–Crippen LogP) is 5.27. The molecule has 1 atom stereocenters. The van der Waals surface area contributed by atoms with Crippen LogP contribution < -0.4 is 25.4 Å². The van der Waals surface area contributed by atoms with E-state index in [1.807, 2.05) is 48.5 Å². The number of nitrogens with zero attached hydrogens (tertiary/aromatic N) is 3. The van der Waals surface area contributed by atoms with Crippen LogP contribution in [0.25, 0.3) is 32.9 Å². The van der Waals surface area contributed by atoms with Gasteiger partial charge in [0.05, 0.1) is 31.6 Å². The number of fused-ring (bicyclic) bond motifs is 3. The van der Waals surface area contributed by atoms with Crippen molar-refractivity contribution >= 4 is 39.1 Å². The quantitative estimate of drug-likeness (QED) is 0.172. The van der Waals surface area contributed by atoms with Crippen LogP contribution in [0.4, 0.5) is 5.82 Å². The summed E-state index contributed by atoms with van der Waals surface area (Å²) in [5.74, 6) is 1.95. The van der Waals surface area contributed by atoms with Gasteiger partial charge in [0.1, 0.15) is 12.4 Å². The highest BCUT2D eigenvalue weighted by Crippen LogP contribution is 2.37. The first-order chi connectivity index (χ1) is 18.5. The second-order valence-electron chi connectivity index (χ2n) is 8.73. The maximum atomic E-state index is 9.85. The van der Waals surface area contributed by atoms with E-state index >= 15 is 0 Å². The molecule has 3 aromatic heterocycles. The van der Waals surface area contributed by atoms with Crippen LogP contribution in [0, 0.1) is 0 Å². The highest BCUT2D eigenvalue weighted by molar-refractivity contribution is 6.30. The maximum absolute atomic E-state index is 9.85. The minimum Gasteiger partial charge on any atom is -0.493 e. The van der Waals surface area contributed by atoms with Crippen molar-refractivity contribution < 1.29 is 19.4 Å². The molecule has 0 saturated heterocycles. The van der Waals surface area contributed by atoms with Gasteiger partial charge >= 0.3 is 0 Å². The minimum absolute atomic E-state index is 0.230. The zero-order valence-corrected chi connectivity index (χ0v) is 21.6. The fourth-order valence-electron chi connectivity index (χ4n) is 4.33. The van der Waals surface area contributed by atoms with Gasteiger partial charge < -0.3 is 19.9 Å². The SMILES string of the molecule is COc1cc2ncc3c(NO)nc(-c4cncc(OC[C@@H](N)Cc5cccc(Cl)c5)c4)cc3c2cc1OC. The number of ether oxygens (including phenoxy) is 3. The van der Waals surface area contributed by atoms with Crippen molar-refractivity contribution in [1.82, 2.24) is 15.0 Å². The molecule has 0 unspecified atom stereocenters. The minimum atomic E-state index is -0.230. The number of hydrogen-bond acceptors (Lipinski definition) is 9. The van der Waals surface area contributed by atoms with Crippen LogP contribution in [0.2, 0.25) is 5.02 Å². The number of nitrogens with one attached hydrogen (secondary N) is 1. The third-order valence-electron chi connectivity index (χ3n) is 6.15. The van der Waals surface area contributed by atoms with Crippen LogP contribution in [0.15, 0.2) is 67.1 Å². The molecule has 4 N–H and O–H groups in total. The molecule has 38 heavy (non-hydrogen) atoms. The highest BCUT2D eigenvalue weighted by atomic mass is 35.5. The summed E-state index contributed by atoms with van der Waals surface area (Å²) < 4.78 is 16.9. The van der Waals surface area contributed by atoms with E-state index in [0.29, 0.717) is 57.5 Å². The van der Waals surface area contributed by atoms with Crippen molar-refractivity contribution in [1.29, 1.82) is 0 Å². The summed E-state index contributed by atoms with van der Waals surface area (Å²) in [5.41, 5.74) is 11.5. The predicted molar refractivity (Wildman–Crippen MR) is 147 cm³/mol. The smallest absolute Gasteiger partial charge is 0.162 e. The van der Waals surface area contributed by atoms with E-state index in [1.54, 1.807) is 32.8 Å². The molecule has 0 spiro atoms. The molecule has 10 heteroatoms. The molecular formula is C28H26ClN5O4. The normalized spacial score (nSPS) is 11.9. The largest absolute Gasteiger partial charge is 0.493 e. The van der Waals surface area contributed by atoms with E-state index in [9.17, 15) is 5.21 Å². The summed E-state index contributed by atoms with van der Waals surface area (Å²) in [5, 5.41) is 12.8. The first-order valence-electron chi connectivity index (χ1n) is 11.8. The van der Waals surface area contributed by atoms with E-state index in [4.69, 9.17) is 31.5 Å². The molecule has 0 amide bonds. The number of nitrogens with two attached hydrogens (primary N) is 1. The number of pyridine rings is 3. The lowest BCUT2D eigenvalue weighted by Gasteiger charge is -2.15. The standard InChI is InChI=1S/C28H26ClN5O4/c1-36-26-10-22-21-9-24(33-28(34-35)23(21)14-32-25(22)11-27(26)37-2)17-8-20(13-31-12-17)38-15-19(30)7-16-4-3-5-18(29)6-16/h3-6,8-14,19,35H,7,15,30H2,1-2H3,(H,33,34)/t19-/m0/s1. The third-order valence-corrected chi connectivity index (χ3v) is 6.38.